The highest BCUT2D eigenvalue weighted by atomic mass is 31.1. The number of aliphatic hydroxyl groups is 1. The summed E-state index contributed by atoms with van der Waals surface area (Å²) in [7, 11) is -1.13. The molecule has 0 spiro atoms. The summed E-state index contributed by atoms with van der Waals surface area (Å²) in [5.41, 5.74) is 2.38. The van der Waals surface area contributed by atoms with Gasteiger partial charge in [0.05, 0.1) is 19.7 Å². The van der Waals surface area contributed by atoms with E-state index in [1.807, 2.05) is 36.4 Å². The fourth-order valence-electron chi connectivity index (χ4n) is 5.59. The normalized spacial score (nSPS) is 31.0. The lowest BCUT2D eigenvalue weighted by atomic mass is 9.42. The monoisotopic (exact) mass is 354 g/mol. The number of hydrogen-bond acceptors (Lipinski definition) is 2. The van der Waals surface area contributed by atoms with Crippen LogP contribution in [0.3, 0.4) is 0 Å². The molecule has 25 heavy (non-hydrogen) atoms. The topological polar surface area (TPSA) is 37.3 Å². The van der Waals surface area contributed by atoms with Gasteiger partial charge in [-0.3, -0.25) is 0 Å². The zero-order valence-corrected chi connectivity index (χ0v) is 16.1. The minimum absolute atomic E-state index is 0.00444. The van der Waals surface area contributed by atoms with E-state index in [1.165, 1.54) is 0 Å². The predicted octanol–water partition coefficient (Wildman–Crippen LogP) is 4.73. The first kappa shape index (κ1) is 17.1. The van der Waals surface area contributed by atoms with Crippen LogP contribution in [0.1, 0.15) is 37.8 Å². The second-order valence-electron chi connectivity index (χ2n) is 8.41. The van der Waals surface area contributed by atoms with Crippen LogP contribution in [0.4, 0.5) is 0 Å². The molecule has 2 aromatic rings. The van der Waals surface area contributed by atoms with Gasteiger partial charge in [-0.2, -0.15) is 0 Å². The zero-order chi connectivity index (χ0) is 17.7. The average Bonchev–Trinajstić information content (AvgIpc) is 2.65. The lowest BCUT2D eigenvalue weighted by molar-refractivity contribution is -0.168. The molecule has 5 rings (SSSR count). The maximum absolute atomic E-state index is 12.9. The van der Waals surface area contributed by atoms with Crippen LogP contribution in [0, 0.1) is 23.2 Å². The number of hydrogen-bond donors (Lipinski definition) is 1. The predicted molar refractivity (Wildman–Crippen MR) is 104 cm³/mol. The van der Waals surface area contributed by atoms with Crippen LogP contribution in [0.5, 0.6) is 0 Å². The van der Waals surface area contributed by atoms with Crippen molar-refractivity contribution in [3.05, 3.63) is 71.8 Å². The van der Waals surface area contributed by atoms with Crippen molar-refractivity contribution in [3.63, 3.8) is 0 Å². The highest BCUT2D eigenvalue weighted by molar-refractivity contribution is 7.26. The summed E-state index contributed by atoms with van der Waals surface area (Å²) < 4.78 is 12.9. The van der Waals surface area contributed by atoms with Crippen molar-refractivity contribution < 1.29 is 9.67 Å². The van der Waals surface area contributed by atoms with Gasteiger partial charge in [-0.25, -0.2) is 0 Å². The van der Waals surface area contributed by atoms with E-state index in [0.29, 0.717) is 11.8 Å². The Morgan fingerprint density at radius 2 is 1.48 bits per heavy atom. The largest absolute Gasteiger partial charge is 0.393 e. The van der Waals surface area contributed by atoms with Crippen LogP contribution < -0.4 is 0 Å². The fourth-order valence-corrected chi connectivity index (χ4v) is 6.86. The van der Waals surface area contributed by atoms with E-state index in [4.69, 9.17) is 0 Å². The Kier molecular flexibility index (Phi) is 4.17. The van der Waals surface area contributed by atoms with E-state index in [-0.39, 0.29) is 11.3 Å². The van der Waals surface area contributed by atoms with Crippen molar-refractivity contribution in [2.45, 2.75) is 37.9 Å². The van der Waals surface area contributed by atoms with Gasteiger partial charge in [-0.05, 0) is 41.2 Å². The minimum atomic E-state index is -1.13. The summed E-state index contributed by atoms with van der Waals surface area (Å²) in [6.45, 7) is 4.65. The first-order valence-electron chi connectivity index (χ1n) is 9.27. The lowest BCUT2D eigenvalue weighted by Crippen LogP contribution is -2.62. The van der Waals surface area contributed by atoms with Crippen LogP contribution in [0.15, 0.2) is 60.7 Å². The number of rotatable bonds is 4. The molecule has 3 unspecified atom stereocenters. The zero-order valence-electron chi connectivity index (χ0n) is 14.9. The van der Waals surface area contributed by atoms with Crippen molar-refractivity contribution in [1.29, 1.82) is 0 Å². The van der Waals surface area contributed by atoms with Crippen molar-refractivity contribution in [1.82, 2.24) is 0 Å². The first-order chi connectivity index (χ1) is 12.0. The number of fused-ring (bicyclic) bond motifs is 2. The molecule has 5 atom stereocenters. The van der Waals surface area contributed by atoms with Crippen molar-refractivity contribution in [2.75, 3.05) is 0 Å². The van der Waals surface area contributed by atoms with Gasteiger partial charge >= 0.3 is 0 Å². The Bertz CT molecular complexity index is 717. The van der Waals surface area contributed by atoms with Gasteiger partial charge in [0.15, 0.2) is 0 Å². The molecule has 3 heteroatoms. The standard InChI is InChI=1S/C22H27O2P/c1-21(2)17-13-18(21)20(19(23)14-17)22(25-24,15-9-5-3-6-10-15)16-11-7-4-8-12-16/h3-12,17-20,23H,13-14,25H2,1-2H3/t17?,18?,19-,20+/m1/s1. The molecule has 132 valence electrons. The van der Waals surface area contributed by atoms with Crippen molar-refractivity contribution in [3.8, 4) is 0 Å². The van der Waals surface area contributed by atoms with Gasteiger partial charge in [0, 0.05) is 5.92 Å². The van der Waals surface area contributed by atoms with Crippen LogP contribution in [-0.4, -0.2) is 11.2 Å². The third kappa shape index (κ3) is 2.38. The molecule has 1 N–H and O–H groups in total. The molecule has 2 nitrogen and oxygen atoms in total. The van der Waals surface area contributed by atoms with Gasteiger partial charge in [0.1, 0.15) is 0 Å². The highest BCUT2D eigenvalue weighted by Crippen LogP contribution is 2.67. The molecular formula is C22H27O2P. The molecule has 3 aliphatic rings. The van der Waals surface area contributed by atoms with Crippen LogP contribution in [-0.2, 0) is 9.72 Å². The third-order valence-electron chi connectivity index (χ3n) is 7.13. The molecule has 0 heterocycles. The maximum atomic E-state index is 12.9. The molecule has 3 fully saturated rings. The number of aliphatic hydroxyl groups excluding tert-OH is 1. The molecule has 2 aromatic carbocycles. The van der Waals surface area contributed by atoms with Crippen LogP contribution in [0.25, 0.3) is 0 Å². The third-order valence-corrected chi connectivity index (χ3v) is 8.56. The summed E-state index contributed by atoms with van der Waals surface area (Å²) >= 11 is 0. The van der Waals surface area contributed by atoms with E-state index in [1.54, 1.807) is 0 Å². The van der Waals surface area contributed by atoms with E-state index in [0.717, 1.165) is 24.0 Å². The molecule has 0 amide bonds. The molecular weight excluding hydrogens is 327 g/mol. The Hall–Kier alpha value is -1.37. The van der Waals surface area contributed by atoms with Gasteiger partial charge in [-0.15, -0.1) is 0 Å². The summed E-state index contributed by atoms with van der Waals surface area (Å²) in [5.74, 6) is 1.00. The number of benzene rings is 2. The van der Waals surface area contributed by atoms with Gasteiger partial charge < -0.3 is 9.67 Å². The molecule has 0 radical (unpaired) electrons. The molecule has 2 bridgehead atoms. The van der Waals surface area contributed by atoms with E-state index in [9.17, 15) is 9.67 Å². The Labute approximate surface area is 151 Å². The van der Waals surface area contributed by atoms with Gasteiger partial charge in [-0.1, -0.05) is 74.5 Å². The SMILES string of the molecule is CC1(C)C2CC1[C@H](C([PH2]=O)(c1ccccc1)c1ccccc1)[C@H](O)C2. The van der Waals surface area contributed by atoms with Crippen LogP contribution in [0.2, 0.25) is 0 Å². The fraction of sp³-hybridized carbons (Fsp3) is 0.455. The summed E-state index contributed by atoms with van der Waals surface area (Å²) in [6.07, 6.45) is 1.59. The molecule has 0 aromatic heterocycles. The second-order valence-corrected chi connectivity index (χ2v) is 9.55. The summed E-state index contributed by atoms with van der Waals surface area (Å²) in [4.78, 5) is 0. The molecule has 0 saturated heterocycles. The van der Waals surface area contributed by atoms with Gasteiger partial charge in [0.25, 0.3) is 0 Å². The van der Waals surface area contributed by atoms with Crippen molar-refractivity contribution >= 4 is 8.46 Å². The first-order valence-corrected chi connectivity index (χ1v) is 10.3. The van der Waals surface area contributed by atoms with Crippen molar-refractivity contribution in [2.24, 2.45) is 23.2 Å². The summed E-state index contributed by atoms with van der Waals surface area (Å²) in [6, 6.07) is 20.4. The van der Waals surface area contributed by atoms with E-state index < -0.39 is 19.7 Å². The smallest absolute Gasteiger partial charge is 0.0792 e. The minimum Gasteiger partial charge on any atom is -0.393 e. The Morgan fingerprint density at radius 1 is 0.960 bits per heavy atom. The highest BCUT2D eigenvalue weighted by Gasteiger charge is 2.63. The Balaban J connectivity index is 1.93. The van der Waals surface area contributed by atoms with Crippen LogP contribution >= 0.6 is 8.46 Å². The second kappa shape index (κ2) is 6.11. The molecule has 3 saturated carbocycles. The Morgan fingerprint density at radius 3 is 1.92 bits per heavy atom. The maximum Gasteiger partial charge on any atom is 0.0792 e. The quantitative estimate of drug-likeness (QED) is 0.806. The van der Waals surface area contributed by atoms with E-state index >= 15 is 0 Å². The molecule has 3 aliphatic carbocycles. The summed E-state index contributed by atoms with van der Waals surface area (Å²) in [5, 5.41) is 10.5. The van der Waals surface area contributed by atoms with E-state index in [2.05, 4.69) is 38.1 Å². The average molecular weight is 354 g/mol. The lowest BCUT2D eigenvalue weighted by Gasteiger charge is -2.64. The molecule has 0 aliphatic heterocycles. The van der Waals surface area contributed by atoms with Gasteiger partial charge in [0.2, 0.25) is 0 Å².